The normalized spacial score (nSPS) is 15.2. The molecular weight excluding hydrogens is 478 g/mol. The minimum atomic E-state index is -0.769. The van der Waals surface area contributed by atoms with Crippen molar-refractivity contribution in [2.45, 2.75) is 25.9 Å². The molecule has 0 atom stereocenters. The molecule has 3 aromatic rings. The number of carbonyl (C=O) groups is 2. The van der Waals surface area contributed by atoms with Crippen molar-refractivity contribution in [3.63, 3.8) is 0 Å². The average Bonchev–Trinajstić information content (AvgIpc) is 3.20. The van der Waals surface area contributed by atoms with Crippen molar-refractivity contribution < 1.29 is 14.3 Å². The summed E-state index contributed by atoms with van der Waals surface area (Å²) in [5.41, 5.74) is 3.92. The van der Waals surface area contributed by atoms with Gasteiger partial charge in [0.05, 0.1) is 11.1 Å². The maximum absolute atomic E-state index is 13.0. The first kappa shape index (κ1) is 26.1. The molecule has 1 fully saturated rings. The van der Waals surface area contributed by atoms with Crippen molar-refractivity contribution in [2.24, 2.45) is 7.05 Å². The molecule has 0 aliphatic carbocycles. The Kier molecular flexibility index (Phi) is 7.97. The van der Waals surface area contributed by atoms with E-state index >= 15 is 0 Å². The Bertz CT molecular complexity index is 1230. The summed E-state index contributed by atoms with van der Waals surface area (Å²) in [6.45, 7) is 8.97. The van der Waals surface area contributed by atoms with Gasteiger partial charge in [-0.2, -0.15) is 5.10 Å². The minimum absolute atomic E-state index is 0.0179. The van der Waals surface area contributed by atoms with Crippen molar-refractivity contribution in [1.29, 1.82) is 0 Å². The van der Waals surface area contributed by atoms with E-state index in [0.29, 0.717) is 5.69 Å². The van der Waals surface area contributed by atoms with Gasteiger partial charge in [-0.3, -0.25) is 19.2 Å². The van der Waals surface area contributed by atoms with Crippen LogP contribution in [0.4, 0.5) is 0 Å². The highest BCUT2D eigenvalue weighted by Crippen LogP contribution is 2.27. The standard InChI is InChI=1S/C27H34ClN5O3/c1-27(2,18-36-24(34)16-28)29-26(35)25-22-10-9-21(15-23(22)32(4)30-25)20-7-5-19(6-8-20)17-33-13-11-31(3)12-14-33/h5-10,15H,11-14,16-18H2,1-4H3,(H,29,35). The lowest BCUT2D eigenvalue weighted by atomic mass is 10.0. The zero-order chi connectivity index (χ0) is 25.9. The predicted octanol–water partition coefficient (Wildman–Crippen LogP) is 3.28. The Balaban J connectivity index is 1.47. The van der Waals surface area contributed by atoms with Crippen LogP contribution in [0.1, 0.15) is 29.9 Å². The number of halogens is 1. The van der Waals surface area contributed by atoms with Gasteiger partial charge in [-0.15, -0.1) is 11.6 Å². The van der Waals surface area contributed by atoms with Gasteiger partial charge in [0.2, 0.25) is 0 Å². The molecule has 192 valence electrons. The first-order valence-electron chi connectivity index (χ1n) is 12.2. The number of likely N-dealkylation sites (N-methyl/N-ethyl adjacent to an activating group) is 1. The van der Waals surface area contributed by atoms with Crippen LogP contribution in [0.15, 0.2) is 42.5 Å². The molecule has 2 aromatic carbocycles. The van der Waals surface area contributed by atoms with Crippen molar-refractivity contribution in [2.75, 3.05) is 45.7 Å². The first-order valence-corrected chi connectivity index (χ1v) is 12.7. The maximum Gasteiger partial charge on any atom is 0.320 e. The highest BCUT2D eigenvalue weighted by Gasteiger charge is 2.26. The second-order valence-electron chi connectivity index (χ2n) is 10.1. The second-order valence-corrected chi connectivity index (χ2v) is 10.4. The number of ether oxygens (including phenoxy) is 1. The molecule has 1 aromatic heterocycles. The van der Waals surface area contributed by atoms with E-state index in [1.165, 1.54) is 5.56 Å². The minimum Gasteiger partial charge on any atom is -0.462 e. The van der Waals surface area contributed by atoms with E-state index in [9.17, 15) is 9.59 Å². The molecule has 9 heteroatoms. The summed E-state index contributed by atoms with van der Waals surface area (Å²) in [4.78, 5) is 29.2. The van der Waals surface area contributed by atoms with Crippen LogP contribution in [0.5, 0.6) is 0 Å². The third kappa shape index (κ3) is 6.24. The highest BCUT2D eigenvalue weighted by molar-refractivity contribution is 6.26. The number of hydrogen-bond acceptors (Lipinski definition) is 6. The molecular formula is C27H34ClN5O3. The van der Waals surface area contributed by atoms with Gasteiger partial charge in [0.15, 0.2) is 5.69 Å². The molecule has 0 unspecified atom stereocenters. The number of alkyl halides is 1. The Morgan fingerprint density at radius 3 is 2.36 bits per heavy atom. The number of benzene rings is 2. The molecule has 0 bridgehead atoms. The maximum atomic E-state index is 13.0. The van der Waals surface area contributed by atoms with E-state index in [1.807, 2.05) is 19.2 Å². The van der Waals surface area contributed by atoms with Crippen molar-refractivity contribution >= 4 is 34.4 Å². The quantitative estimate of drug-likeness (QED) is 0.369. The Hall–Kier alpha value is -2.94. The van der Waals surface area contributed by atoms with Gasteiger partial charge in [-0.05, 0) is 49.7 Å². The van der Waals surface area contributed by atoms with Gasteiger partial charge in [0, 0.05) is 45.2 Å². The Morgan fingerprint density at radius 2 is 1.69 bits per heavy atom. The van der Waals surface area contributed by atoms with Gasteiger partial charge in [0.25, 0.3) is 5.91 Å². The van der Waals surface area contributed by atoms with Gasteiger partial charge in [0.1, 0.15) is 12.5 Å². The van der Waals surface area contributed by atoms with E-state index in [2.05, 4.69) is 57.6 Å². The zero-order valence-corrected chi connectivity index (χ0v) is 22.1. The molecule has 1 saturated heterocycles. The smallest absolute Gasteiger partial charge is 0.320 e. The van der Waals surface area contributed by atoms with Crippen LogP contribution in [0, 0.1) is 0 Å². The topological polar surface area (TPSA) is 79.7 Å². The Labute approximate surface area is 217 Å². The number of rotatable bonds is 8. The number of hydrogen-bond donors (Lipinski definition) is 1. The van der Waals surface area contributed by atoms with Crippen molar-refractivity contribution in [3.05, 3.63) is 53.7 Å². The van der Waals surface area contributed by atoms with Crippen molar-refractivity contribution in [1.82, 2.24) is 24.9 Å². The van der Waals surface area contributed by atoms with E-state index in [1.54, 1.807) is 18.5 Å². The van der Waals surface area contributed by atoms with Crippen LogP contribution < -0.4 is 5.32 Å². The lowest BCUT2D eigenvalue weighted by Crippen LogP contribution is -2.47. The Morgan fingerprint density at radius 1 is 1.03 bits per heavy atom. The number of amides is 1. The molecule has 1 N–H and O–H groups in total. The zero-order valence-electron chi connectivity index (χ0n) is 21.4. The molecule has 1 amide bonds. The summed E-state index contributed by atoms with van der Waals surface area (Å²) in [7, 11) is 4.00. The third-order valence-electron chi connectivity index (χ3n) is 6.51. The van der Waals surface area contributed by atoms with E-state index in [0.717, 1.165) is 54.8 Å². The molecule has 1 aliphatic rings. The molecule has 36 heavy (non-hydrogen) atoms. The fraction of sp³-hybridized carbons (Fsp3) is 0.444. The highest BCUT2D eigenvalue weighted by atomic mass is 35.5. The summed E-state index contributed by atoms with van der Waals surface area (Å²) < 4.78 is 6.81. The van der Waals surface area contributed by atoms with E-state index < -0.39 is 11.5 Å². The molecule has 4 rings (SSSR count). The summed E-state index contributed by atoms with van der Waals surface area (Å²) in [5.74, 6) is -1.08. The van der Waals surface area contributed by atoms with Gasteiger partial charge >= 0.3 is 5.97 Å². The number of carbonyl (C=O) groups excluding carboxylic acids is 2. The SMILES string of the molecule is CN1CCN(Cc2ccc(-c3ccc4c(C(=O)NC(C)(C)COC(=O)CCl)nn(C)c4c3)cc2)CC1. The fourth-order valence-electron chi connectivity index (χ4n) is 4.37. The number of nitrogens with one attached hydrogen (secondary N) is 1. The number of fused-ring (bicyclic) bond motifs is 1. The summed E-state index contributed by atoms with van der Waals surface area (Å²) >= 11 is 5.48. The molecule has 8 nitrogen and oxygen atoms in total. The molecule has 2 heterocycles. The number of aryl methyl sites for hydroxylation is 1. The average molecular weight is 512 g/mol. The molecule has 1 aliphatic heterocycles. The van der Waals surface area contributed by atoms with Crippen LogP contribution in [-0.4, -0.2) is 82.7 Å². The van der Waals surface area contributed by atoms with Crippen LogP contribution in [-0.2, 0) is 23.1 Å². The van der Waals surface area contributed by atoms with E-state index in [4.69, 9.17) is 16.3 Å². The van der Waals surface area contributed by atoms with Crippen LogP contribution in [0.25, 0.3) is 22.0 Å². The number of piperazine rings is 1. The van der Waals surface area contributed by atoms with Crippen LogP contribution in [0.2, 0.25) is 0 Å². The number of aromatic nitrogens is 2. The summed E-state index contributed by atoms with van der Waals surface area (Å²) in [5, 5.41) is 8.14. The fourth-order valence-corrected chi connectivity index (χ4v) is 4.45. The first-order chi connectivity index (χ1) is 17.1. The third-order valence-corrected chi connectivity index (χ3v) is 6.73. The van der Waals surface area contributed by atoms with Crippen LogP contribution >= 0.6 is 11.6 Å². The molecule has 0 radical (unpaired) electrons. The monoisotopic (exact) mass is 511 g/mol. The summed E-state index contributed by atoms with van der Waals surface area (Å²) in [6.07, 6.45) is 0. The number of esters is 1. The lowest BCUT2D eigenvalue weighted by molar-refractivity contribution is -0.142. The second kappa shape index (κ2) is 11.0. The van der Waals surface area contributed by atoms with Crippen LogP contribution in [0.3, 0.4) is 0 Å². The summed E-state index contributed by atoms with van der Waals surface area (Å²) in [6, 6.07) is 14.7. The largest absolute Gasteiger partial charge is 0.462 e. The lowest BCUT2D eigenvalue weighted by Gasteiger charge is -2.32. The van der Waals surface area contributed by atoms with Gasteiger partial charge in [-0.25, -0.2) is 0 Å². The van der Waals surface area contributed by atoms with Gasteiger partial charge in [-0.1, -0.05) is 30.3 Å². The number of nitrogens with zero attached hydrogens (tertiary/aromatic N) is 4. The van der Waals surface area contributed by atoms with E-state index in [-0.39, 0.29) is 18.4 Å². The predicted molar refractivity (Wildman–Crippen MR) is 142 cm³/mol. The molecule has 0 spiro atoms. The van der Waals surface area contributed by atoms with Gasteiger partial charge < -0.3 is 15.0 Å². The van der Waals surface area contributed by atoms with Crippen molar-refractivity contribution in [3.8, 4) is 11.1 Å². The molecule has 0 saturated carbocycles.